The SMILES string of the molecule is CN1CCCCC1C(CC(=O)O)C(=O)O. The summed E-state index contributed by atoms with van der Waals surface area (Å²) in [4.78, 5) is 23.5. The van der Waals surface area contributed by atoms with Crippen LogP contribution >= 0.6 is 0 Å². The van der Waals surface area contributed by atoms with Crippen molar-refractivity contribution in [1.29, 1.82) is 0 Å². The van der Waals surface area contributed by atoms with Gasteiger partial charge < -0.3 is 15.1 Å². The lowest BCUT2D eigenvalue weighted by molar-refractivity contribution is -0.151. The quantitative estimate of drug-likeness (QED) is 0.719. The summed E-state index contributed by atoms with van der Waals surface area (Å²) in [6, 6.07) is -0.132. The molecule has 1 rings (SSSR count). The zero-order valence-corrected chi connectivity index (χ0v) is 8.85. The van der Waals surface area contributed by atoms with Gasteiger partial charge in [0.1, 0.15) is 0 Å². The number of likely N-dealkylation sites (tertiary alicyclic amines) is 1. The Balaban J connectivity index is 2.68. The van der Waals surface area contributed by atoms with Gasteiger partial charge in [0.25, 0.3) is 0 Å². The third-order valence-corrected chi connectivity index (χ3v) is 3.00. The topological polar surface area (TPSA) is 77.8 Å². The number of hydrogen-bond donors (Lipinski definition) is 2. The van der Waals surface area contributed by atoms with Crippen LogP contribution < -0.4 is 0 Å². The first-order chi connectivity index (χ1) is 7.02. The highest BCUT2D eigenvalue weighted by atomic mass is 16.4. The van der Waals surface area contributed by atoms with Crippen molar-refractivity contribution in [1.82, 2.24) is 4.90 Å². The molecule has 0 aromatic heterocycles. The molecule has 1 aliphatic rings. The Kier molecular flexibility index (Phi) is 4.08. The molecule has 0 bridgehead atoms. The minimum absolute atomic E-state index is 0.132. The lowest BCUT2D eigenvalue weighted by atomic mass is 9.88. The van der Waals surface area contributed by atoms with Crippen LogP contribution in [0.15, 0.2) is 0 Å². The molecular weight excluding hydrogens is 198 g/mol. The highest BCUT2D eigenvalue weighted by molar-refractivity contribution is 5.78. The third kappa shape index (κ3) is 3.20. The highest BCUT2D eigenvalue weighted by Gasteiger charge is 2.34. The number of nitrogens with zero attached hydrogens (tertiary/aromatic N) is 1. The predicted molar refractivity (Wildman–Crippen MR) is 53.6 cm³/mol. The molecule has 0 amide bonds. The van der Waals surface area contributed by atoms with E-state index in [1.54, 1.807) is 0 Å². The van der Waals surface area contributed by atoms with Gasteiger partial charge in [0.05, 0.1) is 12.3 Å². The standard InChI is InChI=1S/C10H17NO4/c1-11-5-3-2-4-8(11)7(10(14)15)6-9(12)13/h7-8H,2-6H2,1H3,(H,12,13)(H,14,15). The average molecular weight is 215 g/mol. The van der Waals surface area contributed by atoms with Gasteiger partial charge in [-0.2, -0.15) is 0 Å². The number of piperidine rings is 1. The summed E-state index contributed by atoms with van der Waals surface area (Å²) in [6.45, 7) is 0.855. The fourth-order valence-electron chi connectivity index (χ4n) is 2.19. The molecule has 2 N–H and O–H groups in total. The van der Waals surface area contributed by atoms with Crippen LogP contribution in [0.5, 0.6) is 0 Å². The Morgan fingerprint density at radius 3 is 2.53 bits per heavy atom. The minimum atomic E-state index is -1.04. The van der Waals surface area contributed by atoms with Crippen molar-refractivity contribution in [3.63, 3.8) is 0 Å². The molecule has 0 spiro atoms. The van der Waals surface area contributed by atoms with E-state index in [0.29, 0.717) is 0 Å². The van der Waals surface area contributed by atoms with Gasteiger partial charge in [-0.1, -0.05) is 6.42 Å². The second-order valence-electron chi connectivity index (χ2n) is 4.09. The van der Waals surface area contributed by atoms with Crippen LogP contribution in [0.4, 0.5) is 0 Å². The summed E-state index contributed by atoms with van der Waals surface area (Å²) in [5, 5.41) is 17.7. The average Bonchev–Trinajstić information content (AvgIpc) is 2.15. The van der Waals surface area contributed by atoms with Gasteiger partial charge in [-0.25, -0.2) is 0 Å². The van der Waals surface area contributed by atoms with Gasteiger partial charge in [0.15, 0.2) is 0 Å². The first kappa shape index (κ1) is 12.0. The summed E-state index contributed by atoms with van der Waals surface area (Å²) in [6.07, 6.45) is 2.54. The van der Waals surface area contributed by atoms with Crippen molar-refractivity contribution >= 4 is 11.9 Å². The Bertz CT molecular complexity index is 254. The Hall–Kier alpha value is -1.10. The lowest BCUT2D eigenvalue weighted by Crippen LogP contribution is -2.45. The second kappa shape index (κ2) is 5.11. The van der Waals surface area contributed by atoms with E-state index < -0.39 is 17.9 Å². The van der Waals surface area contributed by atoms with E-state index in [1.165, 1.54) is 0 Å². The lowest BCUT2D eigenvalue weighted by Gasteiger charge is -2.35. The van der Waals surface area contributed by atoms with Crippen molar-refractivity contribution in [2.75, 3.05) is 13.6 Å². The molecule has 0 aromatic rings. The maximum Gasteiger partial charge on any atom is 0.308 e. The van der Waals surface area contributed by atoms with Crippen LogP contribution in [0, 0.1) is 5.92 Å². The molecule has 15 heavy (non-hydrogen) atoms. The van der Waals surface area contributed by atoms with Gasteiger partial charge in [-0.15, -0.1) is 0 Å². The molecule has 0 aliphatic carbocycles. The molecule has 1 heterocycles. The smallest absolute Gasteiger partial charge is 0.308 e. The molecule has 0 saturated carbocycles. The summed E-state index contributed by atoms with van der Waals surface area (Å²) in [5.41, 5.74) is 0. The fraction of sp³-hybridized carbons (Fsp3) is 0.800. The van der Waals surface area contributed by atoms with Crippen molar-refractivity contribution in [2.45, 2.75) is 31.7 Å². The number of hydrogen-bond acceptors (Lipinski definition) is 3. The van der Waals surface area contributed by atoms with Crippen molar-refractivity contribution < 1.29 is 19.8 Å². The normalized spacial score (nSPS) is 24.7. The molecule has 86 valence electrons. The van der Waals surface area contributed by atoms with Gasteiger partial charge in [0, 0.05) is 6.04 Å². The van der Waals surface area contributed by atoms with Crippen LogP contribution in [0.2, 0.25) is 0 Å². The molecule has 0 radical (unpaired) electrons. The zero-order chi connectivity index (χ0) is 11.4. The summed E-state index contributed by atoms with van der Waals surface area (Å²) >= 11 is 0. The number of rotatable bonds is 4. The van der Waals surface area contributed by atoms with Gasteiger partial charge in [-0.3, -0.25) is 9.59 Å². The van der Waals surface area contributed by atoms with Crippen LogP contribution in [-0.4, -0.2) is 46.7 Å². The highest BCUT2D eigenvalue weighted by Crippen LogP contribution is 2.24. The largest absolute Gasteiger partial charge is 0.481 e. The van der Waals surface area contributed by atoms with E-state index in [2.05, 4.69) is 0 Å². The van der Waals surface area contributed by atoms with E-state index in [-0.39, 0.29) is 12.5 Å². The maximum absolute atomic E-state index is 11.0. The Labute approximate surface area is 88.7 Å². The monoisotopic (exact) mass is 215 g/mol. The molecule has 0 aromatic carbocycles. The van der Waals surface area contributed by atoms with Gasteiger partial charge in [0.2, 0.25) is 0 Å². The van der Waals surface area contributed by atoms with E-state index in [9.17, 15) is 9.59 Å². The Morgan fingerprint density at radius 1 is 1.40 bits per heavy atom. The van der Waals surface area contributed by atoms with E-state index in [4.69, 9.17) is 10.2 Å². The summed E-state index contributed by atoms with van der Waals surface area (Å²) in [7, 11) is 1.86. The number of aliphatic carboxylic acids is 2. The Morgan fingerprint density at radius 2 is 2.07 bits per heavy atom. The van der Waals surface area contributed by atoms with Crippen molar-refractivity contribution in [2.24, 2.45) is 5.92 Å². The molecule has 2 unspecified atom stereocenters. The fourth-order valence-corrected chi connectivity index (χ4v) is 2.19. The molecule has 5 heteroatoms. The van der Waals surface area contributed by atoms with Gasteiger partial charge in [-0.05, 0) is 26.4 Å². The third-order valence-electron chi connectivity index (χ3n) is 3.00. The van der Waals surface area contributed by atoms with E-state index >= 15 is 0 Å². The number of carboxylic acids is 2. The first-order valence-electron chi connectivity index (χ1n) is 5.17. The van der Waals surface area contributed by atoms with E-state index in [0.717, 1.165) is 25.8 Å². The van der Waals surface area contributed by atoms with Crippen LogP contribution in [0.3, 0.4) is 0 Å². The van der Waals surface area contributed by atoms with Crippen LogP contribution in [-0.2, 0) is 9.59 Å². The molecule has 2 atom stereocenters. The molecule has 5 nitrogen and oxygen atoms in total. The van der Waals surface area contributed by atoms with Crippen molar-refractivity contribution in [3.8, 4) is 0 Å². The molecular formula is C10H17NO4. The summed E-state index contributed by atoms with van der Waals surface area (Å²) < 4.78 is 0. The molecule has 1 aliphatic heterocycles. The number of carboxylic acid groups (broad SMARTS) is 2. The summed E-state index contributed by atoms with van der Waals surface area (Å²) in [5.74, 6) is -2.83. The first-order valence-corrected chi connectivity index (χ1v) is 5.17. The molecule has 1 saturated heterocycles. The van der Waals surface area contributed by atoms with Gasteiger partial charge >= 0.3 is 11.9 Å². The zero-order valence-electron chi connectivity index (χ0n) is 8.85. The number of carbonyl (C=O) groups is 2. The van der Waals surface area contributed by atoms with Crippen LogP contribution in [0.1, 0.15) is 25.7 Å². The maximum atomic E-state index is 11.0. The molecule has 1 fully saturated rings. The predicted octanol–water partition coefficient (Wildman–Crippen LogP) is 0.646. The minimum Gasteiger partial charge on any atom is -0.481 e. The van der Waals surface area contributed by atoms with Crippen LogP contribution in [0.25, 0.3) is 0 Å². The van der Waals surface area contributed by atoms with Crippen molar-refractivity contribution in [3.05, 3.63) is 0 Å². The second-order valence-corrected chi connectivity index (χ2v) is 4.09. The van der Waals surface area contributed by atoms with E-state index in [1.807, 2.05) is 11.9 Å².